The number of nitro groups is 1. The normalized spacial score (nSPS) is 11.5. The van der Waals surface area contributed by atoms with Crippen molar-refractivity contribution in [3.63, 3.8) is 0 Å². The first-order chi connectivity index (χ1) is 9.86. The zero-order chi connectivity index (χ0) is 16.0. The Kier molecular flexibility index (Phi) is 5.65. The molecule has 0 saturated heterocycles. The molecule has 8 nitrogen and oxygen atoms in total. The predicted octanol–water partition coefficient (Wildman–Crippen LogP) is 1.62. The molecule has 0 aliphatic rings. The summed E-state index contributed by atoms with van der Waals surface area (Å²) < 4.78 is 0. The molecule has 0 aliphatic heterocycles. The number of hydrogen-bond donors (Lipinski definition) is 3. The van der Waals surface area contributed by atoms with Crippen LogP contribution < -0.4 is 10.6 Å². The van der Waals surface area contributed by atoms with Crippen LogP contribution in [0.2, 0.25) is 0 Å². The average molecular weight is 295 g/mol. The summed E-state index contributed by atoms with van der Waals surface area (Å²) in [5.41, 5.74) is -0.584. The molecule has 1 aromatic carbocycles. The third kappa shape index (κ3) is 4.44. The van der Waals surface area contributed by atoms with Crippen LogP contribution in [0.4, 0.5) is 11.4 Å². The van der Waals surface area contributed by atoms with Gasteiger partial charge in [-0.05, 0) is 25.5 Å². The van der Waals surface area contributed by atoms with Gasteiger partial charge < -0.3 is 15.7 Å². The van der Waals surface area contributed by atoms with E-state index in [1.165, 1.54) is 6.07 Å². The second-order valence-electron chi connectivity index (χ2n) is 4.45. The summed E-state index contributed by atoms with van der Waals surface area (Å²) >= 11 is 0. The van der Waals surface area contributed by atoms with Crippen molar-refractivity contribution in [1.29, 1.82) is 0 Å². The van der Waals surface area contributed by atoms with Gasteiger partial charge in [-0.25, -0.2) is 4.79 Å². The Bertz CT molecular complexity index is 559. The van der Waals surface area contributed by atoms with Crippen LogP contribution in [0.25, 0.3) is 0 Å². The number of nitro benzene ring substituents is 1. The molecule has 8 heteroatoms. The lowest BCUT2D eigenvalue weighted by Crippen LogP contribution is -2.37. The molecule has 1 atom stereocenters. The van der Waals surface area contributed by atoms with Gasteiger partial charge in [-0.2, -0.15) is 0 Å². The Balaban J connectivity index is 2.90. The minimum absolute atomic E-state index is 0.230. The second-order valence-corrected chi connectivity index (χ2v) is 4.45. The maximum absolute atomic E-state index is 11.7. The molecule has 3 N–H and O–H groups in total. The summed E-state index contributed by atoms with van der Waals surface area (Å²) in [5, 5.41) is 25.2. The van der Waals surface area contributed by atoms with Crippen molar-refractivity contribution in [1.82, 2.24) is 5.32 Å². The van der Waals surface area contributed by atoms with Gasteiger partial charge in [0.25, 0.3) is 5.69 Å². The average Bonchev–Trinajstić information content (AvgIpc) is 2.44. The van der Waals surface area contributed by atoms with E-state index >= 15 is 0 Å². The van der Waals surface area contributed by atoms with Crippen LogP contribution in [0.5, 0.6) is 0 Å². The first-order valence-electron chi connectivity index (χ1n) is 6.42. The SMILES string of the molecule is CCCNC(=O)C(C)Nc1ccc([N+](=O)[O-])c(C(=O)O)c1. The Morgan fingerprint density at radius 3 is 2.62 bits per heavy atom. The zero-order valence-corrected chi connectivity index (χ0v) is 11.8. The number of nitrogens with one attached hydrogen (secondary N) is 2. The molecule has 114 valence electrons. The lowest BCUT2D eigenvalue weighted by Gasteiger charge is -2.15. The molecule has 1 unspecified atom stereocenters. The second kappa shape index (κ2) is 7.22. The Morgan fingerprint density at radius 1 is 1.43 bits per heavy atom. The summed E-state index contributed by atoms with van der Waals surface area (Å²) in [6, 6.07) is 3.03. The smallest absolute Gasteiger partial charge is 0.342 e. The third-order valence-corrected chi connectivity index (χ3v) is 2.75. The number of amides is 1. The summed E-state index contributed by atoms with van der Waals surface area (Å²) in [7, 11) is 0. The van der Waals surface area contributed by atoms with Crippen LogP contribution in [0, 0.1) is 10.1 Å². The van der Waals surface area contributed by atoms with Crippen LogP contribution in [-0.4, -0.2) is 34.5 Å². The molecule has 0 radical (unpaired) electrons. The molecule has 0 heterocycles. The molecule has 0 fully saturated rings. The number of carbonyl (C=O) groups is 2. The molecule has 1 amide bonds. The van der Waals surface area contributed by atoms with Crippen molar-refractivity contribution in [2.45, 2.75) is 26.3 Å². The molecule has 21 heavy (non-hydrogen) atoms. The fourth-order valence-electron chi connectivity index (χ4n) is 1.67. The van der Waals surface area contributed by atoms with Crippen molar-refractivity contribution >= 4 is 23.3 Å². The highest BCUT2D eigenvalue weighted by molar-refractivity contribution is 5.94. The van der Waals surface area contributed by atoms with Crippen LogP contribution in [0.15, 0.2) is 18.2 Å². The number of hydrogen-bond acceptors (Lipinski definition) is 5. The summed E-state index contributed by atoms with van der Waals surface area (Å²) in [4.78, 5) is 32.7. The lowest BCUT2D eigenvalue weighted by molar-refractivity contribution is -0.385. The van der Waals surface area contributed by atoms with Crippen LogP contribution in [-0.2, 0) is 4.79 Å². The maximum Gasteiger partial charge on any atom is 0.342 e. The van der Waals surface area contributed by atoms with Crippen molar-refractivity contribution in [3.8, 4) is 0 Å². The van der Waals surface area contributed by atoms with E-state index in [2.05, 4.69) is 10.6 Å². The first kappa shape index (κ1) is 16.4. The number of carboxylic acids is 1. The largest absolute Gasteiger partial charge is 0.477 e. The van der Waals surface area contributed by atoms with E-state index in [1.54, 1.807) is 6.92 Å². The highest BCUT2D eigenvalue weighted by Gasteiger charge is 2.21. The van der Waals surface area contributed by atoms with Gasteiger partial charge in [0.2, 0.25) is 5.91 Å². The van der Waals surface area contributed by atoms with Crippen molar-refractivity contribution in [3.05, 3.63) is 33.9 Å². The third-order valence-electron chi connectivity index (χ3n) is 2.75. The highest BCUT2D eigenvalue weighted by Crippen LogP contribution is 2.23. The summed E-state index contributed by atoms with van der Waals surface area (Å²) in [6.07, 6.45) is 0.805. The molecule has 1 rings (SSSR count). The number of nitrogens with zero attached hydrogens (tertiary/aromatic N) is 1. The predicted molar refractivity (Wildman–Crippen MR) is 76.4 cm³/mol. The van der Waals surface area contributed by atoms with Gasteiger partial charge >= 0.3 is 5.97 Å². The zero-order valence-electron chi connectivity index (χ0n) is 11.8. The van der Waals surface area contributed by atoms with E-state index in [-0.39, 0.29) is 5.91 Å². The molecule has 1 aromatic rings. The highest BCUT2D eigenvalue weighted by atomic mass is 16.6. The van der Waals surface area contributed by atoms with Crippen molar-refractivity contribution in [2.75, 3.05) is 11.9 Å². The molecule has 0 aliphatic carbocycles. The Labute approximate surface area is 121 Å². The molecule has 0 bridgehead atoms. The summed E-state index contributed by atoms with van der Waals surface area (Å²) in [6.45, 7) is 4.09. The van der Waals surface area contributed by atoms with Gasteiger partial charge in [0.1, 0.15) is 11.6 Å². The van der Waals surface area contributed by atoms with Crippen molar-refractivity contribution < 1.29 is 19.6 Å². The quantitative estimate of drug-likeness (QED) is 0.519. The standard InChI is InChI=1S/C13H17N3O5/c1-3-6-14-12(17)8(2)15-9-4-5-11(16(20)21)10(7-9)13(18)19/h4-5,7-8,15H,3,6H2,1-2H3,(H,14,17)(H,18,19). The van der Waals surface area contributed by atoms with Gasteiger partial charge in [-0.1, -0.05) is 6.92 Å². The van der Waals surface area contributed by atoms with Gasteiger partial charge in [0.05, 0.1) is 4.92 Å². The number of aromatic carboxylic acids is 1. The minimum Gasteiger partial charge on any atom is -0.477 e. The fraction of sp³-hybridized carbons (Fsp3) is 0.385. The van der Waals surface area contributed by atoms with E-state index in [0.29, 0.717) is 12.2 Å². The van der Waals surface area contributed by atoms with Gasteiger partial charge in [-0.3, -0.25) is 14.9 Å². The van der Waals surface area contributed by atoms with Crippen molar-refractivity contribution in [2.24, 2.45) is 0 Å². The van der Waals surface area contributed by atoms with E-state index < -0.39 is 28.2 Å². The number of carboxylic acid groups (broad SMARTS) is 1. The van der Waals surface area contributed by atoms with Crippen LogP contribution >= 0.6 is 0 Å². The molecule has 0 aromatic heterocycles. The topological polar surface area (TPSA) is 122 Å². The Hall–Kier alpha value is -2.64. The number of rotatable bonds is 7. The van der Waals surface area contributed by atoms with Gasteiger partial charge in [-0.15, -0.1) is 0 Å². The molecular formula is C13H17N3O5. The van der Waals surface area contributed by atoms with Crippen LogP contribution in [0.3, 0.4) is 0 Å². The van der Waals surface area contributed by atoms with Gasteiger partial charge in [0, 0.05) is 18.3 Å². The monoisotopic (exact) mass is 295 g/mol. The van der Waals surface area contributed by atoms with E-state index in [4.69, 9.17) is 5.11 Å². The maximum atomic E-state index is 11.7. The van der Waals surface area contributed by atoms with Gasteiger partial charge in [0.15, 0.2) is 0 Å². The lowest BCUT2D eigenvalue weighted by atomic mass is 10.1. The molecule has 0 saturated carbocycles. The van der Waals surface area contributed by atoms with E-state index in [9.17, 15) is 19.7 Å². The van der Waals surface area contributed by atoms with E-state index in [1.807, 2.05) is 6.92 Å². The minimum atomic E-state index is -1.39. The first-order valence-corrected chi connectivity index (χ1v) is 6.42. The molecule has 0 spiro atoms. The number of anilines is 1. The van der Waals surface area contributed by atoms with E-state index in [0.717, 1.165) is 18.6 Å². The number of carbonyl (C=O) groups excluding carboxylic acids is 1. The Morgan fingerprint density at radius 2 is 2.10 bits per heavy atom. The van der Waals surface area contributed by atoms with Crippen LogP contribution in [0.1, 0.15) is 30.6 Å². The molecular weight excluding hydrogens is 278 g/mol. The fourth-order valence-corrected chi connectivity index (χ4v) is 1.67. The number of benzene rings is 1. The summed E-state index contributed by atoms with van der Waals surface area (Å²) in [5.74, 6) is -1.62.